The van der Waals surface area contributed by atoms with Crippen LogP contribution in [0.15, 0.2) is 77.4 Å². The predicted molar refractivity (Wildman–Crippen MR) is 163 cm³/mol. The normalized spacial score (nSPS) is 12.8. The summed E-state index contributed by atoms with van der Waals surface area (Å²) in [6, 6.07) is 16.1. The molecule has 7 heteroatoms. The number of nitrogens with zero attached hydrogens (tertiary/aromatic N) is 2. The van der Waals surface area contributed by atoms with Crippen LogP contribution in [0.4, 0.5) is 10.1 Å². The summed E-state index contributed by atoms with van der Waals surface area (Å²) in [5, 5.41) is 0. The number of methoxy groups -OCH3 is 2. The summed E-state index contributed by atoms with van der Waals surface area (Å²) in [5.41, 5.74) is 12.4. The van der Waals surface area contributed by atoms with Crippen LogP contribution in [0.5, 0.6) is 5.75 Å². The summed E-state index contributed by atoms with van der Waals surface area (Å²) in [6.45, 7) is 13.7. The number of aliphatic imine (C=N–C) groups is 2. The Balaban J connectivity index is 2.05. The highest BCUT2D eigenvalue weighted by molar-refractivity contribution is 6.43. The van der Waals surface area contributed by atoms with Crippen molar-refractivity contribution < 1.29 is 18.7 Å². The Kier molecular flexibility index (Phi) is 9.43. The van der Waals surface area contributed by atoms with Gasteiger partial charge in [-0.05, 0) is 65.9 Å². The maximum atomic E-state index is 15.4. The van der Waals surface area contributed by atoms with Gasteiger partial charge in [0, 0.05) is 17.2 Å². The second kappa shape index (κ2) is 12.6. The van der Waals surface area contributed by atoms with E-state index < -0.39 is 11.8 Å². The second-order valence-corrected chi connectivity index (χ2v) is 10.3. The Morgan fingerprint density at radius 3 is 2.25 bits per heavy atom. The fourth-order valence-corrected chi connectivity index (χ4v) is 4.39. The van der Waals surface area contributed by atoms with Crippen LogP contribution in [-0.4, -0.2) is 31.7 Å². The van der Waals surface area contributed by atoms with Gasteiger partial charge in [0.25, 0.3) is 0 Å². The molecule has 0 aromatic heterocycles. The first kappa shape index (κ1) is 30.0. The topological polar surface area (TPSA) is 86.3 Å². The van der Waals surface area contributed by atoms with Crippen molar-refractivity contribution in [3.05, 3.63) is 95.2 Å². The number of hydrogen-bond donors (Lipinski definition) is 1. The third kappa shape index (κ3) is 6.54. The van der Waals surface area contributed by atoms with E-state index in [0.717, 1.165) is 27.9 Å². The van der Waals surface area contributed by atoms with Gasteiger partial charge >= 0.3 is 5.97 Å². The SMILES string of the molecule is C=CN=C(C(N)=Nc1cccc(-c2cccc(/C=C(\F)c3ccc(C(=O)OC)c(OC)c3)c2C)c1C)C(C)(C)C. The van der Waals surface area contributed by atoms with Crippen molar-refractivity contribution in [2.24, 2.45) is 21.1 Å². The van der Waals surface area contributed by atoms with E-state index in [4.69, 9.17) is 20.2 Å². The summed E-state index contributed by atoms with van der Waals surface area (Å²) in [6.07, 6.45) is 2.94. The van der Waals surface area contributed by atoms with E-state index in [1.807, 2.05) is 71.0 Å². The molecule has 0 aliphatic carbocycles. The maximum absolute atomic E-state index is 15.4. The zero-order valence-corrected chi connectivity index (χ0v) is 24.1. The summed E-state index contributed by atoms with van der Waals surface area (Å²) in [7, 11) is 2.70. The van der Waals surface area contributed by atoms with Gasteiger partial charge in [0.2, 0.25) is 0 Å². The molecule has 6 nitrogen and oxygen atoms in total. The summed E-state index contributed by atoms with van der Waals surface area (Å²) >= 11 is 0. The van der Waals surface area contributed by atoms with Gasteiger partial charge in [-0.3, -0.25) is 4.99 Å². The number of hydrogen-bond acceptors (Lipinski definition) is 5. The number of amidine groups is 1. The van der Waals surface area contributed by atoms with Crippen LogP contribution >= 0.6 is 0 Å². The van der Waals surface area contributed by atoms with E-state index in [1.54, 1.807) is 0 Å². The molecule has 0 saturated heterocycles. The van der Waals surface area contributed by atoms with Crippen molar-refractivity contribution in [2.45, 2.75) is 34.6 Å². The minimum absolute atomic E-state index is 0.226. The lowest BCUT2D eigenvalue weighted by Crippen LogP contribution is -2.34. The van der Waals surface area contributed by atoms with Crippen molar-refractivity contribution in [3.8, 4) is 16.9 Å². The highest BCUT2D eigenvalue weighted by Gasteiger charge is 2.22. The van der Waals surface area contributed by atoms with Gasteiger partial charge in [-0.1, -0.05) is 63.7 Å². The number of ether oxygens (including phenoxy) is 2. The molecule has 0 fully saturated rings. The van der Waals surface area contributed by atoms with Crippen LogP contribution in [-0.2, 0) is 4.74 Å². The molecule has 0 heterocycles. The van der Waals surface area contributed by atoms with E-state index in [-0.39, 0.29) is 22.3 Å². The number of benzene rings is 3. The minimum atomic E-state index is -0.553. The summed E-state index contributed by atoms with van der Waals surface area (Å²) < 4.78 is 25.5. The predicted octanol–water partition coefficient (Wildman–Crippen LogP) is 7.85. The molecule has 3 rings (SSSR count). The summed E-state index contributed by atoms with van der Waals surface area (Å²) in [5.74, 6) is -0.452. The van der Waals surface area contributed by atoms with Crippen LogP contribution in [0.25, 0.3) is 23.0 Å². The zero-order chi connectivity index (χ0) is 29.6. The average Bonchev–Trinajstić information content (AvgIpc) is 2.92. The van der Waals surface area contributed by atoms with Gasteiger partial charge in [0.05, 0.1) is 25.6 Å². The van der Waals surface area contributed by atoms with Gasteiger partial charge in [-0.15, -0.1) is 0 Å². The first-order valence-electron chi connectivity index (χ1n) is 12.8. The Morgan fingerprint density at radius 2 is 1.65 bits per heavy atom. The Bertz CT molecular complexity index is 1530. The Labute approximate surface area is 235 Å². The number of rotatable bonds is 8. The van der Waals surface area contributed by atoms with E-state index in [2.05, 4.69) is 11.6 Å². The molecule has 0 aliphatic rings. The van der Waals surface area contributed by atoms with E-state index in [1.165, 1.54) is 44.7 Å². The lowest BCUT2D eigenvalue weighted by molar-refractivity contribution is 0.0597. The first-order chi connectivity index (χ1) is 18.9. The monoisotopic (exact) mass is 541 g/mol. The molecular weight excluding hydrogens is 505 g/mol. The second-order valence-electron chi connectivity index (χ2n) is 10.3. The largest absolute Gasteiger partial charge is 0.496 e. The number of carbonyl (C=O) groups excluding carboxylic acids is 1. The van der Waals surface area contributed by atoms with Gasteiger partial charge in [-0.2, -0.15) is 0 Å². The van der Waals surface area contributed by atoms with Gasteiger partial charge < -0.3 is 15.2 Å². The maximum Gasteiger partial charge on any atom is 0.341 e. The van der Waals surface area contributed by atoms with E-state index >= 15 is 4.39 Å². The highest BCUT2D eigenvalue weighted by atomic mass is 19.1. The Morgan fingerprint density at radius 1 is 1.00 bits per heavy atom. The Hall–Kier alpha value is -4.52. The molecule has 0 spiro atoms. The molecular formula is C33H36FN3O3. The highest BCUT2D eigenvalue weighted by Crippen LogP contribution is 2.35. The fourth-order valence-electron chi connectivity index (χ4n) is 4.39. The van der Waals surface area contributed by atoms with Crippen LogP contribution in [0.2, 0.25) is 0 Å². The minimum Gasteiger partial charge on any atom is -0.496 e. The molecule has 40 heavy (non-hydrogen) atoms. The van der Waals surface area contributed by atoms with Gasteiger partial charge in [-0.25, -0.2) is 14.2 Å². The number of esters is 1. The molecule has 0 amide bonds. The lowest BCUT2D eigenvalue weighted by Gasteiger charge is -2.21. The van der Waals surface area contributed by atoms with Crippen molar-refractivity contribution in [3.63, 3.8) is 0 Å². The molecule has 0 aliphatic heterocycles. The smallest absolute Gasteiger partial charge is 0.341 e. The lowest BCUT2D eigenvalue weighted by atomic mass is 9.89. The molecule has 3 aromatic rings. The number of carbonyl (C=O) groups is 1. The molecule has 2 N–H and O–H groups in total. The van der Waals surface area contributed by atoms with Crippen LogP contribution in [0, 0.1) is 19.3 Å². The molecule has 0 unspecified atom stereocenters. The first-order valence-corrected chi connectivity index (χ1v) is 12.8. The van der Waals surface area contributed by atoms with E-state index in [9.17, 15) is 4.79 Å². The van der Waals surface area contributed by atoms with Crippen molar-refractivity contribution in [2.75, 3.05) is 14.2 Å². The van der Waals surface area contributed by atoms with E-state index in [0.29, 0.717) is 17.1 Å². The van der Waals surface area contributed by atoms with Gasteiger partial charge in [0.1, 0.15) is 23.0 Å². The fraction of sp³-hybridized carbons (Fsp3) is 0.242. The summed E-state index contributed by atoms with van der Waals surface area (Å²) in [4.78, 5) is 21.0. The van der Waals surface area contributed by atoms with Crippen LogP contribution < -0.4 is 10.5 Å². The van der Waals surface area contributed by atoms with Crippen LogP contribution in [0.3, 0.4) is 0 Å². The van der Waals surface area contributed by atoms with Crippen molar-refractivity contribution in [1.82, 2.24) is 0 Å². The molecule has 0 saturated carbocycles. The number of halogens is 1. The van der Waals surface area contributed by atoms with Crippen molar-refractivity contribution >= 4 is 35.1 Å². The average molecular weight is 542 g/mol. The van der Waals surface area contributed by atoms with Crippen molar-refractivity contribution in [1.29, 1.82) is 0 Å². The number of nitrogens with two attached hydrogens (primary N) is 1. The molecule has 0 bridgehead atoms. The molecule has 0 atom stereocenters. The zero-order valence-electron chi connectivity index (χ0n) is 24.1. The van der Waals surface area contributed by atoms with Gasteiger partial charge in [0.15, 0.2) is 0 Å². The third-order valence-electron chi connectivity index (χ3n) is 6.55. The standard InChI is InChI=1S/C33H36FN3O3/c1-9-36-30(33(4,5)6)31(35)37-28-15-11-14-25(21(28)3)24-13-10-12-22(20(24)2)18-27(34)23-16-17-26(32(38)40-8)29(19-23)39-7/h9-19H,1H2,2-8H3,(H2,35,37)/b27-18-,36-30?. The quantitative estimate of drug-likeness (QED) is 0.136. The molecule has 3 aromatic carbocycles. The molecule has 208 valence electrons. The third-order valence-corrected chi connectivity index (χ3v) is 6.55. The van der Waals surface area contributed by atoms with Crippen LogP contribution in [0.1, 0.15) is 53.4 Å². The molecule has 0 radical (unpaired) electrons.